The Morgan fingerprint density at radius 2 is 1.83 bits per heavy atom. The molecular weight excluding hydrogens is 248 g/mol. The third-order valence-electron chi connectivity index (χ3n) is 3.46. The van der Waals surface area contributed by atoms with Gasteiger partial charge in [-0.05, 0) is 29.4 Å². The van der Waals surface area contributed by atoms with Crippen molar-refractivity contribution in [3.05, 3.63) is 35.4 Å². The second-order valence-electron chi connectivity index (χ2n) is 5.10. The molecule has 0 aliphatic heterocycles. The number of hydrogen-bond acceptors (Lipinski definition) is 3. The Hall–Kier alpha value is -0.910. The zero-order valence-electron chi connectivity index (χ0n) is 10.6. The van der Waals surface area contributed by atoms with Gasteiger partial charge in [0.2, 0.25) is 10.0 Å². The summed E-state index contributed by atoms with van der Waals surface area (Å²) in [6.45, 7) is 3.19. The molecule has 1 saturated carbocycles. The summed E-state index contributed by atoms with van der Waals surface area (Å²) in [5.74, 6) is 1.23. The molecule has 0 heterocycles. The highest BCUT2D eigenvalue weighted by molar-refractivity contribution is 7.88. The molecule has 18 heavy (non-hydrogen) atoms. The molecule has 2 rings (SSSR count). The molecule has 0 spiro atoms. The summed E-state index contributed by atoms with van der Waals surface area (Å²) < 4.78 is 26.4. The van der Waals surface area contributed by atoms with Crippen LogP contribution in [0.1, 0.15) is 24.5 Å². The lowest BCUT2D eigenvalue weighted by Crippen LogP contribution is -2.27. The van der Waals surface area contributed by atoms with Gasteiger partial charge in [0.1, 0.15) is 0 Å². The summed E-state index contributed by atoms with van der Waals surface area (Å²) in [5.41, 5.74) is 7.30. The van der Waals surface area contributed by atoms with Gasteiger partial charge in [-0.2, -0.15) is 0 Å². The standard InChI is InChI=1S/C13H20N2O2S/c1-10-6-13(10)8-15-18(16,17)9-12-4-2-11(7-14)3-5-12/h2-5,10,13,15H,6-9,14H2,1H3. The van der Waals surface area contributed by atoms with Gasteiger partial charge in [0.05, 0.1) is 5.75 Å². The average molecular weight is 268 g/mol. The minimum absolute atomic E-state index is 0.0406. The third kappa shape index (κ3) is 3.80. The Morgan fingerprint density at radius 1 is 1.28 bits per heavy atom. The van der Waals surface area contributed by atoms with Crippen LogP contribution in [0, 0.1) is 11.8 Å². The summed E-state index contributed by atoms with van der Waals surface area (Å²) in [5, 5.41) is 0. The summed E-state index contributed by atoms with van der Waals surface area (Å²) in [4.78, 5) is 0. The van der Waals surface area contributed by atoms with Crippen molar-refractivity contribution in [2.75, 3.05) is 6.54 Å². The van der Waals surface area contributed by atoms with E-state index < -0.39 is 10.0 Å². The largest absolute Gasteiger partial charge is 0.326 e. The van der Waals surface area contributed by atoms with Crippen LogP contribution in [0.5, 0.6) is 0 Å². The molecule has 0 amide bonds. The van der Waals surface area contributed by atoms with Crippen LogP contribution in [0.4, 0.5) is 0 Å². The molecule has 2 atom stereocenters. The first kappa shape index (κ1) is 13.5. The van der Waals surface area contributed by atoms with Crippen molar-refractivity contribution in [2.24, 2.45) is 17.6 Å². The molecule has 0 aromatic heterocycles. The Balaban J connectivity index is 1.89. The van der Waals surface area contributed by atoms with Crippen LogP contribution in [0.3, 0.4) is 0 Å². The van der Waals surface area contributed by atoms with Crippen molar-refractivity contribution in [1.82, 2.24) is 4.72 Å². The maximum Gasteiger partial charge on any atom is 0.215 e. The van der Waals surface area contributed by atoms with E-state index in [0.717, 1.165) is 17.5 Å². The van der Waals surface area contributed by atoms with Gasteiger partial charge in [0, 0.05) is 13.1 Å². The van der Waals surface area contributed by atoms with Gasteiger partial charge >= 0.3 is 0 Å². The van der Waals surface area contributed by atoms with Crippen LogP contribution in [0.15, 0.2) is 24.3 Å². The van der Waals surface area contributed by atoms with Crippen LogP contribution in [-0.2, 0) is 22.3 Å². The van der Waals surface area contributed by atoms with Gasteiger partial charge in [-0.1, -0.05) is 31.2 Å². The molecule has 0 saturated heterocycles. The molecule has 100 valence electrons. The van der Waals surface area contributed by atoms with E-state index in [-0.39, 0.29) is 5.75 Å². The SMILES string of the molecule is CC1CC1CNS(=O)(=O)Cc1ccc(CN)cc1. The quantitative estimate of drug-likeness (QED) is 0.815. The molecule has 1 aromatic carbocycles. The molecule has 5 heteroatoms. The van der Waals surface area contributed by atoms with Crippen molar-refractivity contribution >= 4 is 10.0 Å². The van der Waals surface area contributed by atoms with E-state index in [9.17, 15) is 8.42 Å². The second kappa shape index (κ2) is 5.38. The fraction of sp³-hybridized carbons (Fsp3) is 0.538. The molecule has 1 fully saturated rings. The Labute approximate surface area is 109 Å². The number of sulfonamides is 1. The topological polar surface area (TPSA) is 72.2 Å². The fourth-order valence-electron chi connectivity index (χ4n) is 1.96. The monoisotopic (exact) mass is 268 g/mol. The zero-order valence-corrected chi connectivity index (χ0v) is 11.4. The number of nitrogens with two attached hydrogens (primary N) is 1. The molecule has 3 N–H and O–H groups in total. The second-order valence-corrected chi connectivity index (χ2v) is 6.91. The maximum absolute atomic E-state index is 11.9. The van der Waals surface area contributed by atoms with E-state index in [2.05, 4.69) is 11.6 Å². The van der Waals surface area contributed by atoms with Crippen LogP contribution in [0.25, 0.3) is 0 Å². The van der Waals surface area contributed by atoms with Crippen LogP contribution in [-0.4, -0.2) is 15.0 Å². The predicted octanol–water partition coefficient (Wildman–Crippen LogP) is 1.22. The average Bonchev–Trinajstić information content (AvgIpc) is 3.04. The molecule has 4 nitrogen and oxygen atoms in total. The van der Waals surface area contributed by atoms with Crippen molar-refractivity contribution < 1.29 is 8.42 Å². The van der Waals surface area contributed by atoms with E-state index >= 15 is 0 Å². The highest BCUT2D eigenvalue weighted by Gasteiger charge is 2.33. The lowest BCUT2D eigenvalue weighted by molar-refractivity contribution is 0.573. The maximum atomic E-state index is 11.9. The molecule has 2 unspecified atom stereocenters. The zero-order chi connectivity index (χ0) is 13.2. The summed E-state index contributed by atoms with van der Waals surface area (Å²) >= 11 is 0. The first-order chi connectivity index (χ1) is 8.50. The van der Waals surface area contributed by atoms with E-state index in [4.69, 9.17) is 5.73 Å². The number of rotatable bonds is 6. The van der Waals surface area contributed by atoms with Crippen molar-refractivity contribution in [3.63, 3.8) is 0 Å². The minimum Gasteiger partial charge on any atom is -0.326 e. The van der Waals surface area contributed by atoms with Crippen molar-refractivity contribution in [1.29, 1.82) is 0 Å². The molecule has 1 aliphatic carbocycles. The van der Waals surface area contributed by atoms with Crippen molar-refractivity contribution in [2.45, 2.75) is 25.6 Å². The lowest BCUT2D eigenvalue weighted by atomic mass is 10.1. The van der Waals surface area contributed by atoms with E-state index in [1.807, 2.05) is 24.3 Å². The predicted molar refractivity (Wildman–Crippen MR) is 72.2 cm³/mol. The molecule has 0 bridgehead atoms. The summed E-state index contributed by atoms with van der Waals surface area (Å²) in [7, 11) is -3.21. The smallest absolute Gasteiger partial charge is 0.215 e. The van der Waals surface area contributed by atoms with Gasteiger partial charge in [-0.3, -0.25) is 0 Å². The van der Waals surface area contributed by atoms with Gasteiger partial charge in [-0.25, -0.2) is 13.1 Å². The number of hydrogen-bond donors (Lipinski definition) is 2. The van der Waals surface area contributed by atoms with E-state index in [0.29, 0.717) is 24.9 Å². The molecule has 0 radical (unpaired) electrons. The molecule has 1 aromatic rings. The number of benzene rings is 1. The van der Waals surface area contributed by atoms with Crippen LogP contribution < -0.4 is 10.5 Å². The van der Waals surface area contributed by atoms with Crippen LogP contribution in [0.2, 0.25) is 0 Å². The first-order valence-electron chi connectivity index (χ1n) is 6.25. The van der Waals surface area contributed by atoms with Gasteiger partial charge in [-0.15, -0.1) is 0 Å². The Kier molecular flexibility index (Phi) is 4.04. The minimum atomic E-state index is -3.21. The Morgan fingerprint density at radius 3 is 2.33 bits per heavy atom. The summed E-state index contributed by atoms with van der Waals surface area (Å²) in [6.07, 6.45) is 1.13. The summed E-state index contributed by atoms with van der Waals surface area (Å²) in [6, 6.07) is 7.38. The normalized spacial score (nSPS) is 23.0. The van der Waals surface area contributed by atoms with Crippen LogP contribution >= 0.6 is 0 Å². The van der Waals surface area contributed by atoms with Gasteiger partial charge in [0.25, 0.3) is 0 Å². The van der Waals surface area contributed by atoms with Crippen molar-refractivity contribution in [3.8, 4) is 0 Å². The highest BCUT2D eigenvalue weighted by atomic mass is 32.2. The molecule has 1 aliphatic rings. The molecular formula is C13H20N2O2S. The highest BCUT2D eigenvalue weighted by Crippen LogP contribution is 2.36. The van der Waals surface area contributed by atoms with E-state index in [1.165, 1.54) is 0 Å². The van der Waals surface area contributed by atoms with Gasteiger partial charge in [0.15, 0.2) is 0 Å². The van der Waals surface area contributed by atoms with E-state index in [1.54, 1.807) is 0 Å². The lowest BCUT2D eigenvalue weighted by Gasteiger charge is -2.07. The fourth-order valence-corrected chi connectivity index (χ4v) is 3.16. The first-order valence-corrected chi connectivity index (χ1v) is 7.90. The number of nitrogens with one attached hydrogen (secondary N) is 1. The third-order valence-corrected chi connectivity index (χ3v) is 4.78. The Bertz CT molecular complexity index is 496. The van der Waals surface area contributed by atoms with Gasteiger partial charge < -0.3 is 5.73 Å².